The number of likely N-dealkylation sites (tertiary alicyclic amines) is 1. The third kappa shape index (κ3) is 6.94. The number of para-hydroxylation sites is 1. The summed E-state index contributed by atoms with van der Waals surface area (Å²) < 4.78 is 19.2. The minimum absolute atomic E-state index is 0.229. The Bertz CT molecular complexity index is 1420. The van der Waals surface area contributed by atoms with Gasteiger partial charge in [-0.2, -0.15) is 4.39 Å². The number of carbonyl (C=O) groups excluding carboxylic acids is 4. The zero-order chi connectivity index (χ0) is 28.9. The molecule has 208 valence electrons. The standard InChI is InChI=1S/C24H26FN5O9/c1-12-5-3-4-6-15(12)27-24(38)30-16(9-18(32)33)20(22(30)36)13(2)39-19(34)7-8-26-17(31)11-29-10-14(25)21(35)28-23(29)37/h3-6,10,13,16,20H,7-9,11H2,1-2H3,(H,26,31)(H,27,38)(H,32,33)(H,28,35,37)/t13-,16-,20-/m1/s1. The SMILES string of the molecule is Cc1ccccc1NC(=O)N1C(=O)[C@H]([C@@H](C)OC(=O)CCNC(=O)Cn2cc(F)c(=O)[nH]c2=O)[C@H]1CC(=O)O. The van der Waals surface area contributed by atoms with E-state index in [1.165, 1.54) is 6.92 Å². The van der Waals surface area contributed by atoms with E-state index in [1.807, 2.05) is 0 Å². The number of aromatic amines is 1. The largest absolute Gasteiger partial charge is 0.481 e. The maximum atomic E-state index is 13.3. The number of benzene rings is 1. The fourth-order valence-electron chi connectivity index (χ4n) is 4.07. The van der Waals surface area contributed by atoms with Gasteiger partial charge in [-0.25, -0.2) is 9.59 Å². The molecule has 0 spiro atoms. The highest BCUT2D eigenvalue weighted by molar-refractivity contribution is 6.07. The smallest absolute Gasteiger partial charge is 0.328 e. The predicted molar refractivity (Wildman–Crippen MR) is 131 cm³/mol. The molecular formula is C24H26FN5O9. The van der Waals surface area contributed by atoms with Gasteiger partial charge in [-0.3, -0.25) is 38.4 Å². The molecule has 3 rings (SSSR count). The number of ether oxygens (including phenoxy) is 1. The van der Waals surface area contributed by atoms with Crippen LogP contribution in [-0.2, 0) is 30.5 Å². The topological polar surface area (TPSA) is 197 Å². The lowest BCUT2D eigenvalue weighted by molar-refractivity contribution is -0.169. The number of aliphatic carboxylic acids is 1. The summed E-state index contributed by atoms with van der Waals surface area (Å²) in [5.41, 5.74) is -1.03. The first-order valence-corrected chi connectivity index (χ1v) is 11.8. The van der Waals surface area contributed by atoms with Gasteiger partial charge >= 0.3 is 23.7 Å². The van der Waals surface area contributed by atoms with Crippen molar-refractivity contribution in [1.82, 2.24) is 19.8 Å². The van der Waals surface area contributed by atoms with Gasteiger partial charge in [0.25, 0.3) is 5.56 Å². The minimum Gasteiger partial charge on any atom is -0.481 e. The molecule has 1 aromatic heterocycles. The van der Waals surface area contributed by atoms with Crippen molar-refractivity contribution in [2.75, 3.05) is 11.9 Å². The van der Waals surface area contributed by atoms with Crippen molar-refractivity contribution in [2.24, 2.45) is 5.92 Å². The van der Waals surface area contributed by atoms with Gasteiger partial charge in [0.15, 0.2) is 0 Å². The van der Waals surface area contributed by atoms with E-state index in [9.17, 15) is 43.1 Å². The fraction of sp³-hybridized carbons (Fsp3) is 0.375. The van der Waals surface area contributed by atoms with Crippen molar-refractivity contribution in [3.05, 3.63) is 62.7 Å². The molecule has 0 aliphatic carbocycles. The number of aromatic nitrogens is 2. The summed E-state index contributed by atoms with van der Waals surface area (Å²) in [7, 11) is 0. The zero-order valence-electron chi connectivity index (χ0n) is 20.9. The molecule has 2 aromatic rings. The van der Waals surface area contributed by atoms with Crippen LogP contribution in [0.25, 0.3) is 0 Å². The highest BCUT2D eigenvalue weighted by Gasteiger charge is 2.54. The van der Waals surface area contributed by atoms with Crippen LogP contribution in [-0.4, -0.2) is 68.0 Å². The molecule has 4 N–H and O–H groups in total. The van der Waals surface area contributed by atoms with E-state index in [0.29, 0.717) is 16.5 Å². The Morgan fingerprint density at radius 2 is 1.87 bits per heavy atom. The van der Waals surface area contributed by atoms with Gasteiger partial charge in [0.1, 0.15) is 12.6 Å². The van der Waals surface area contributed by atoms with Crippen molar-refractivity contribution in [2.45, 2.75) is 45.4 Å². The zero-order valence-corrected chi connectivity index (χ0v) is 20.9. The van der Waals surface area contributed by atoms with E-state index in [1.54, 1.807) is 36.2 Å². The number of nitrogens with one attached hydrogen (secondary N) is 3. The van der Waals surface area contributed by atoms with Crippen LogP contribution >= 0.6 is 0 Å². The second-order valence-corrected chi connectivity index (χ2v) is 8.80. The third-order valence-electron chi connectivity index (χ3n) is 6.01. The quantitative estimate of drug-likeness (QED) is 0.233. The highest BCUT2D eigenvalue weighted by atomic mass is 19.1. The van der Waals surface area contributed by atoms with E-state index < -0.39 is 77.9 Å². The summed E-state index contributed by atoms with van der Waals surface area (Å²) in [6.45, 7) is 2.29. The number of nitrogens with zero attached hydrogens (tertiary/aromatic N) is 2. The van der Waals surface area contributed by atoms with Crippen molar-refractivity contribution in [1.29, 1.82) is 0 Å². The third-order valence-corrected chi connectivity index (χ3v) is 6.01. The maximum absolute atomic E-state index is 13.3. The van der Waals surface area contributed by atoms with Crippen LogP contribution in [0, 0.1) is 18.7 Å². The first-order valence-electron chi connectivity index (χ1n) is 11.8. The molecule has 0 unspecified atom stereocenters. The molecule has 0 radical (unpaired) electrons. The normalized spacial score (nSPS) is 17.1. The summed E-state index contributed by atoms with van der Waals surface area (Å²) >= 11 is 0. The molecule has 0 saturated carbocycles. The summed E-state index contributed by atoms with van der Waals surface area (Å²) in [4.78, 5) is 86.3. The highest BCUT2D eigenvalue weighted by Crippen LogP contribution is 2.34. The number of esters is 1. The van der Waals surface area contributed by atoms with Gasteiger partial charge < -0.3 is 20.5 Å². The molecule has 3 atom stereocenters. The number of halogens is 1. The van der Waals surface area contributed by atoms with Gasteiger partial charge in [0.05, 0.1) is 31.0 Å². The lowest BCUT2D eigenvalue weighted by atomic mass is 9.81. The van der Waals surface area contributed by atoms with Crippen LogP contribution in [0.2, 0.25) is 0 Å². The average molecular weight is 547 g/mol. The second kappa shape index (κ2) is 12.1. The van der Waals surface area contributed by atoms with E-state index in [2.05, 4.69) is 10.6 Å². The number of rotatable bonds is 10. The van der Waals surface area contributed by atoms with Crippen LogP contribution in [0.5, 0.6) is 0 Å². The number of carboxylic acid groups (broad SMARTS) is 1. The van der Waals surface area contributed by atoms with Crippen molar-refractivity contribution in [3.8, 4) is 0 Å². The fourth-order valence-corrected chi connectivity index (χ4v) is 4.07. The Kier molecular flexibility index (Phi) is 8.96. The lowest BCUT2D eigenvalue weighted by Crippen LogP contribution is -2.67. The molecule has 1 aromatic carbocycles. The molecule has 0 bridgehead atoms. The van der Waals surface area contributed by atoms with Crippen molar-refractivity contribution >= 4 is 35.5 Å². The maximum Gasteiger partial charge on any atom is 0.328 e. The van der Waals surface area contributed by atoms with Gasteiger partial charge in [-0.1, -0.05) is 18.2 Å². The summed E-state index contributed by atoms with van der Waals surface area (Å²) in [6.07, 6.45) is -1.40. The van der Waals surface area contributed by atoms with Crippen LogP contribution < -0.4 is 21.9 Å². The lowest BCUT2D eigenvalue weighted by Gasteiger charge is -2.46. The van der Waals surface area contributed by atoms with E-state index in [0.717, 1.165) is 10.5 Å². The Labute approximate surface area is 219 Å². The molecule has 1 fully saturated rings. The number of hydrogen-bond acceptors (Lipinski definition) is 8. The van der Waals surface area contributed by atoms with Crippen molar-refractivity contribution in [3.63, 3.8) is 0 Å². The van der Waals surface area contributed by atoms with E-state index in [4.69, 9.17) is 4.74 Å². The Morgan fingerprint density at radius 3 is 2.54 bits per heavy atom. The number of hydrogen-bond donors (Lipinski definition) is 4. The van der Waals surface area contributed by atoms with Crippen LogP contribution in [0.1, 0.15) is 25.3 Å². The van der Waals surface area contributed by atoms with Crippen molar-refractivity contribution < 1.29 is 38.2 Å². The molecule has 1 aliphatic rings. The molecule has 39 heavy (non-hydrogen) atoms. The van der Waals surface area contributed by atoms with Crippen LogP contribution in [0.15, 0.2) is 40.1 Å². The minimum atomic E-state index is -1.26. The average Bonchev–Trinajstić information content (AvgIpc) is 2.83. The molecule has 1 aliphatic heterocycles. The number of carboxylic acids is 1. The van der Waals surface area contributed by atoms with Gasteiger partial charge in [-0.15, -0.1) is 0 Å². The number of aryl methyl sites for hydroxylation is 1. The molecule has 1 saturated heterocycles. The Balaban J connectivity index is 1.53. The van der Waals surface area contributed by atoms with Gasteiger partial charge in [-0.05, 0) is 25.5 Å². The summed E-state index contributed by atoms with van der Waals surface area (Å²) in [5, 5.41) is 14.2. The number of amides is 4. The number of imide groups is 1. The number of urea groups is 1. The summed E-state index contributed by atoms with van der Waals surface area (Å²) in [6, 6.07) is 4.96. The van der Waals surface area contributed by atoms with E-state index >= 15 is 0 Å². The summed E-state index contributed by atoms with van der Waals surface area (Å²) in [5.74, 6) is -5.87. The first-order chi connectivity index (χ1) is 18.4. The molecular weight excluding hydrogens is 521 g/mol. The first kappa shape index (κ1) is 28.7. The number of carbonyl (C=O) groups is 5. The van der Waals surface area contributed by atoms with Gasteiger partial charge in [0.2, 0.25) is 17.6 Å². The number of anilines is 1. The number of H-pyrrole nitrogens is 1. The molecule has 15 heteroatoms. The molecule has 4 amide bonds. The monoisotopic (exact) mass is 547 g/mol. The van der Waals surface area contributed by atoms with Crippen LogP contribution in [0.4, 0.5) is 14.9 Å². The Hall–Kier alpha value is -4.82. The predicted octanol–water partition coefficient (Wildman–Crippen LogP) is -0.0441. The van der Waals surface area contributed by atoms with Gasteiger partial charge in [0, 0.05) is 12.2 Å². The van der Waals surface area contributed by atoms with Crippen LogP contribution in [0.3, 0.4) is 0 Å². The Morgan fingerprint density at radius 1 is 1.18 bits per heavy atom. The molecule has 14 nitrogen and oxygen atoms in total. The van der Waals surface area contributed by atoms with E-state index in [-0.39, 0.29) is 13.0 Å². The molecule has 2 heterocycles. The number of β-lactam (4-membered cyclic amide) rings is 1. The second-order valence-electron chi connectivity index (χ2n) is 8.80.